The maximum atomic E-state index is 12.4. The van der Waals surface area contributed by atoms with E-state index in [1.165, 1.54) is 0 Å². The molecule has 0 bridgehead atoms. The quantitative estimate of drug-likeness (QED) is 0.841. The predicted octanol–water partition coefficient (Wildman–Crippen LogP) is 1.88. The molecule has 0 aliphatic carbocycles. The van der Waals surface area contributed by atoms with Crippen molar-refractivity contribution >= 4 is 11.6 Å². The number of carbonyl (C=O) groups is 1. The number of carbonyl (C=O) groups excluding carboxylic acids is 1. The zero-order chi connectivity index (χ0) is 13.8. The van der Waals surface area contributed by atoms with Crippen LogP contribution < -0.4 is 15.4 Å². The van der Waals surface area contributed by atoms with Gasteiger partial charge in [-0.3, -0.25) is 4.79 Å². The smallest absolute Gasteiger partial charge is 0.244 e. The molecular weight excluding hydrogens is 240 g/mol. The van der Waals surface area contributed by atoms with Crippen LogP contribution in [-0.4, -0.2) is 25.6 Å². The Hall–Kier alpha value is -1.81. The molecule has 1 atom stereocenters. The molecule has 1 amide bonds. The minimum absolute atomic E-state index is 0.0645. The number of methoxy groups -OCH3 is 1. The lowest BCUT2D eigenvalue weighted by molar-refractivity contribution is -0.119. The highest BCUT2D eigenvalue weighted by molar-refractivity contribution is 5.99. The highest BCUT2D eigenvalue weighted by atomic mass is 16.5. The van der Waals surface area contributed by atoms with E-state index in [0.717, 1.165) is 29.8 Å². The number of hydrogen-bond acceptors (Lipinski definition) is 3. The minimum Gasteiger partial charge on any atom is -0.495 e. The standard InChI is InChI=1S/C15H20N2O2/c1-3-6-12(16)15(18)17-10-5-8-11-7-4-9-13(19-2)14(11)17/h3-4,7,9,12H,1,5-6,8,10,16H2,2H3. The summed E-state index contributed by atoms with van der Waals surface area (Å²) in [6.07, 6.45) is 4.08. The van der Waals surface area contributed by atoms with Crippen LogP contribution in [0.15, 0.2) is 30.9 Å². The molecule has 19 heavy (non-hydrogen) atoms. The lowest BCUT2D eigenvalue weighted by Gasteiger charge is -2.32. The Kier molecular flexibility index (Phi) is 4.22. The summed E-state index contributed by atoms with van der Waals surface area (Å²) >= 11 is 0. The number of rotatable bonds is 4. The Labute approximate surface area is 113 Å². The van der Waals surface area contributed by atoms with Gasteiger partial charge in [0.05, 0.1) is 18.8 Å². The molecule has 0 fully saturated rings. The third-order valence-corrected chi connectivity index (χ3v) is 3.40. The van der Waals surface area contributed by atoms with E-state index < -0.39 is 6.04 Å². The first-order chi connectivity index (χ1) is 9.19. The van der Waals surface area contributed by atoms with Crippen molar-refractivity contribution in [1.29, 1.82) is 0 Å². The fourth-order valence-electron chi connectivity index (χ4n) is 2.48. The molecule has 1 unspecified atom stereocenters. The summed E-state index contributed by atoms with van der Waals surface area (Å²) in [5, 5.41) is 0. The third kappa shape index (κ3) is 2.63. The summed E-state index contributed by atoms with van der Waals surface area (Å²) in [5.74, 6) is 0.668. The van der Waals surface area contributed by atoms with Crippen LogP contribution in [0.4, 0.5) is 5.69 Å². The normalized spacial score (nSPS) is 15.6. The van der Waals surface area contributed by atoms with Crippen LogP contribution in [0.25, 0.3) is 0 Å². The lowest BCUT2D eigenvalue weighted by atomic mass is 9.99. The van der Waals surface area contributed by atoms with Gasteiger partial charge in [0.1, 0.15) is 5.75 Å². The van der Waals surface area contributed by atoms with Gasteiger partial charge in [-0.15, -0.1) is 6.58 Å². The first-order valence-electron chi connectivity index (χ1n) is 6.52. The topological polar surface area (TPSA) is 55.6 Å². The molecule has 2 N–H and O–H groups in total. The average molecular weight is 260 g/mol. The lowest BCUT2D eigenvalue weighted by Crippen LogP contribution is -2.46. The molecule has 0 saturated heterocycles. The number of aryl methyl sites for hydroxylation is 1. The van der Waals surface area contributed by atoms with Gasteiger partial charge in [0, 0.05) is 6.54 Å². The summed E-state index contributed by atoms with van der Waals surface area (Å²) in [6, 6.07) is 5.34. The van der Waals surface area contributed by atoms with Crippen LogP contribution in [0.3, 0.4) is 0 Å². The molecule has 0 saturated carbocycles. The summed E-state index contributed by atoms with van der Waals surface area (Å²) in [6.45, 7) is 4.32. The summed E-state index contributed by atoms with van der Waals surface area (Å²) in [7, 11) is 1.62. The maximum Gasteiger partial charge on any atom is 0.244 e. The van der Waals surface area contributed by atoms with Gasteiger partial charge in [0.25, 0.3) is 0 Å². The van der Waals surface area contributed by atoms with Gasteiger partial charge in [0.2, 0.25) is 5.91 Å². The SMILES string of the molecule is C=CCC(N)C(=O)N1CCCc2cccc(OC)c21. The molecule has 4 heteroatoms. The Morgan fingerprint density at radius 3 is 3.11 bits per heavy atom. The number of amides is 1. The van der Waals surface area contributed by atoms with Crippen LogP contribution in [0.2, 0.25) is 0 Å². The molecule has 2 rings (SSSR count). The maximum absolute atomic E-state index is 12.4. The van der Waals surface area contributed by atoms with E-state index in [9.17, 15) is 4.79 Å². The van der Waals surface area contributed by atoms with Gasteiger partial charge in [-0.25, -0.2) is 0 Å². The van der Waals surface area contributed by atoms with Crippen molar-refractivity contribution in [1.82, 2.24) is 0 Å². The molecule has 1 aliphatic rings. The number of benzene rings is 1. The van der Waals surface area contributed by atoms with Crippen LogP contribution in [0, 0.1) is 0 Å². The van der Waals surface area contributed by atoms with Crippen LogP contribution >= 0.6 is 0 Å². The highest BCUT2D eigenvalue weighted by Crippen LogP contribution is 2.36. The average Bonchev–Trinajstić information content (AvgIpc) is 2.45. The van der Waals surface area contributed by atoms with Crippen molar-refractivity contribution < 1.29 is 9.53 Å². The zero-order valence-corrected chi connectivity index (χ0v) is 11.3. The van der Waals surface area contributed by atoms with E-state index in [1.807, 2.05) is 18.2 Å². The van der Waals surface area contributed by atoms with E-state index in [1.54, 1.807) is 18.1 Å². The second-order valence-corrected chi connectivity index (χ2v) is 4.69. The van der Waals surface area contributed by atoms with Crippen LogP contribution in [0.1, 0.15) is 18.4 Å². The number of hydrogen-bond donors (Lipinski definition) is 1. The molecule has 102 valence electrons. The number of ether oxygens (including phenoxy) is 1. The first-order valence-corrected chi connectivity index (χ1v) is 6.52. The van der Waals surface area contributed by atoms with E-state index in [0.29, 0.717) is 13.0 Å². The number of fused-ring (bicyclic) bond motifs is 1. The molecular formula is C15H20N2O2. The monoisotopic (exact) mass is 260 g/mol. The summed E-state index contributed by atoms with van der Waals surface area (Å²) in [5.41, 5.74) is 7.92. The molecule has 1 heterocycles. The van der Waals surface area contributed by atoms with Gasteiger partial charge in [-0.05, 0) is 30.9 Å². The Bertz CT molecular complexity index is 471. The first kappa shape index (κ1) is 13.6. The van der Waals surface area contributed by atoms with Crippen molar-refractivity contribution in [3.8, 4) is 5.75 Å². The summed E-state index contributed by atoms with van der Waals surface area (Å²) < 4.78 is 5.38. The van der Waals surface area contributed by atoms with Gasteiger partial charge < -0.3 is 15.4 Å². The number of para-hydroxylation sites is 1. The van der Waals surface area contributed by atoms with Crippen molar-refractivity contribution in [3.63, 3.8) is 0 Å². The van der Waals surface area contributed by atoms with Gasteiger partial charge >= 0.3 is 0 Å². The fourth-order valence-corrected chi connectivity index (χ4v) is 2.48. The third-order valence-electron chi connectivity index (χ3n) is 3.40. The van der Waals surface area contributed by atoms with Gasteiger partial charge in [-0.2, -0.15) is 0 Å². The molecule has 4 nitrogen and oxygen atoms in total. The molecule has 0 radical (unpaired) electrons. The fraction of sp³-hybridized carbons (Fsp3) is 0.400. The van der Waals surface area contributed by atoms with E-state index in [-0.39, 0.29) is 5.91 Å². The van der Waals surface area contributed by atoms with E-state index in [2.05, 4.69) is 6.58 Å². The second-order valence-electron chi connectivity index (χ2n) is 4.69. The van der Waals surface area contributed by atoms with Crippen molar-refractivity contribution in [2.75, 3.05) is 18.6 Å². The Balaban J connectivity index is 2.36. The number of nitrogens with two attached hydrogens (primary N) is 1. The molecule has 0 aromatic heterocycles. The summed E-state index contributed by atoms with van der Waals surface area (Å²) in [4.78, 5) is 14.2. The zero-order valence-electron chi connectivity index (χ0n) is 11.3. The van der Waals surface area contributed by atoms with Crippen LogP contribution in [0.5, 0.6) is 5.75 Å². The second kappa shape index (κ2) is 5.89. The molecule has 1 aromatic rings. The van der Waals surface area contributed by atoms with Crippen molar-refractivity contribution in [3.05, 3.63) is 36.4 Å². The Morgan fingerprint density at radius 1 is 1.63 bits per heavy atom. The molecule has 0 spiro atoms. The highest BCUT2D eigenvalue weighted by Gasteiger charge is 2.28. The van der Waals surface area contributed by atoms with E-state index >= 15 is 0 Å². The Morgan fingerprint density at radius 2 is 2.42 bits per heavy atom. The predicted molar refractivity (Wildman–Crippen MR) is 76.5 cm³/mol. The molecule has 1 aliphatic heterocycles. The van der Waals surface area contributed by atoms with Crippen LogP contribution in [-0.2, 0) is 11.2 Å². The van der Waals surface area contributed by atoms with Crippen molar-refractivity contribution in [2.24, 2.45) is 5.73 Å². The molecule has 1 aromatic carbocycles. The number of anilines is 1. The van der Waals surface area contributed by atoms with Crippen molar-refractivity contribution in [2.45, 2.75) is 25.3 Å². The van der Waals surface area contributed by atoms with E-state index in [4.69, 9.17) is 10.5 Å². The van der Waals surface area contributed by atoms with Gasteiger partial charge in [-0.1, -0.05) is 18.2 Å². The minimum atomic E-state index is -0.534. The van der Waals surface area contributed by atoms with Gasteiger partial charge in [0.15, 0.2) is 0 Å². The number of nitrogens with zero attached hydrogens (tertiary/aromatic N) is 1. The largest absolute Gasteiger partial charge is 0.495 e.